The Hall–Kier alpha value is -3.18. The number of benzene rings is 2. The fourth-order valence-electron chi connectivity index (χ4n) is 8.85. The molecule has 4 N–H and O–H groups in total. The van der Waals surface area contributed by atoms with Gasteiger partial charge in [0.15, 0.2) is 17.0 Å². The lowest BCUT2D eigenvalue weighted by Gasteiger charge is -2.63. The van der Waals surface area contributed by atoms with Crippen LogP contribution in [0.1, 0.15) is 57.5 Å². The summed E-state index contributed by atoms with van der Waals surface area (Å²) in [6, 6.07) is 17.7. The lowest BCUT2D eigenvalue weighted by atomic mass is 9.50. The van der Waals surface area contributed by atoms with Crippen LogP contribution in [0.25, 0.3) is 0 Å². The third-order valence-corrected chi connectivity index (χ3v) is 11.6. The molecule has 2 aromatic carbocycles. The molecule has 9 heteroatoms. The summed E-state index contributed by atoms with van der Waals surface area (Å²) in [5.41, 5.74) is -7.10. The number of fused-ring (bicyclic) bond motifs is 5. The van der Waals surface area contributed by atoms with Crippen molar-refractivity contribution in [2.24, 2.45) is 23.7 Å². The molecule has 0 aromatic heterocycles. The highest BCUT2D eigenvalue weighted by Gasteiger charge is 2.85. The molecular weight excluding hydrogens is 588 g/mol. The first kappa shape index (κ1) is 32.7. The first-order valence-electron chi connectivity index (χ1n) is 15.9. The average Bonchev–Trinajstić information content (AvgIpc) is 3.72. The Balaban J connectivity index is 1.56. The Morgan fingerprint density at radius 2 is 1.59 bits per heavy atom. The van der Waals surface area contributed by atoms with Crippen molar-refractivity contribution in [3.8, 4) is 0 Å². The molecule has 3 aliphatic carbocycles. The fourth-order valence-corrected chi connectivity index (χ4v) is 8.85. The van der Waals surface area contributed by atoms with Crippen LogP contribution in [-0.2, 0) is 24.6 Å². The van der Waals surface area contributed by atoms with Gasteiger partial charge >= 0.3 is 5.97 Å². The van der Waals surface area contributed by atoms with E-state index in [0.29, 0.717) is 5.57 Å². The van der Waals surface area contributed by atoms with Crippen LogP contribution in [0.5, 0.6) is 0 Å². The molecule has 1 saturated heterocycles. The van der Waals surface area contributed by atoms with Gasteiger partial charge in [-0.1, -0.05) is 75.0 Å². The summed E-state index contributed by atoms with van der Waals surface area (Å²) in [7, 11) is 0. The van der Waals surface area contributed by atoms with Crippen LogP contribution in [0, 0.1) is 23.7 Å². The predicted octanol–water partition coefficient (Wildman–Crippen LogP) is 3.49. The molecule has 0 radical (unpaired) electrons. The van der Waals surface area contributed by atoms with Gasteiger partial charge in [0, 0.05) is 11.8 Å². The molecule has 0 bridgehead atoms. The van der Waals surface area contributed by atoms with Crippen LogP contribution in [0.15, 0.2) is 84.5 Å². The average molecular weight is 633 g/mol. The highest BCUT2D eigenvalue weighted by Crippen LogP contribution is 2.68. The number of ether oxygens (including phenoxy) is 3. The van der Waals surface area contributed by atoms with Crippen molar-refractivity contribution in [1.29, 1.82) is 0 Å². The Morgan fingerprint density at radius 3 is 2.17 bits per heavy atom. The summed E-state index contributed by atoms with van der Waals surface area (Å²) in [6.45, 7) is 14.1. The van der Waals surface area contributed by atoms with Gasteiger partial charge in [-0.05, 0) is 68.4 Å². The zero-order valence-corrected chi connectivity index (χ0v) is 27.1. The molecule has 46 heavy (non-hydrogen) atoms. The molecule has 6 rings (SSSR count). The van der Waals surface area contributed by atoms with Crippen LogP contribution < -0.4 is 0 Å². The second kappa shape index (κ2) is 10.7. The van der Waals surface area contributed by atoms with E-state index in [1.54, 1.807) is 57.2 Å². The Kier molecular flexibility index (Phi) is 7.60. The molecule has 3 fully saturated rings. The smallest absolute Gasteiger partial charge is 0.338 e. The van der Waals surface area contributed by atoms with Crippen molar-refractivity contribution >= 4 is 11.8 Å². The van der Waals surface area contributed by atoms with Crippen molar-refractivity contribution < 1.29 is 44.2 Å². The second-order valence-electron chi connectivity index (χ2n) is 14.3. The molecule has 0 spiro atoms. The first-order valence-corrected chi connectivity index (χ1v) is 15.9. The van der Waals surface area contributed by atoms with Crippen molar-refractivity contribution in [3.05, 3.63) is 95.6 Å². The Morgan fingerprint density at radius 1 is 1.00 bits per heavy atom. The van der Waals surface area contributed by atoms with E-state index in [0.717, 1.165) is 5.56 Å². The minimum atomic E-state index is -2.47. The number of epoxide rings is 1. The number of rotatable bonds is 7. The number of carbonyl (C=O) groups excluding carboxylic acids is 2. The normalized spacial score (nSPS) is 41.4. The molecule has 246 valence electrons. The van der Waals surface area contributed by atoms with Crippen molar-refractivity contribution in [2.45, 2.75) is 87.9 Å². The summed E-state index contributed by atoms with van der Waals surface area (Å²) >= 11 is 0. The SMILES string of the molecule is C=C(C)[C@]1(O)[C@H](C)[C@@H](C)[C@]2(OC(C)(C)c3ccccc3)C3C=C(C)C(=O)[C@@]3(O)[C@H](O)[C@@]3(COC(=O)c4ccccc4)O[C@H]3[C@H]2[C@H]1O. The van der Waals surface area contributed by atoms with E-state index in [1.807, 2.05) is 51.1 Å². The van der Waals surface area contributed by atoms with Gasteiger partial charge in [0.05, 0.1) is 22.9 Å². The maximum atomic E-state index is 14.0. The van der Waals surface area contributed by atoms with Crippen LogP contribution >= 0.6 is 0 Å². The molecule has 2 saturated carbocycles. The maximum absolute atomic E-state index is 14.0. The number of ketones is 1. The largest absolute Gasteiger partial charge is 0.459 e. The summed E-state index contributed by atoms with van der Waals surface area (Å²) in [6.07, 6.45) is -2.92. The number of hydrogen-bond donors (Lipinski definition) is 4. The molecule has 4 aliphatic rings. The standard InChI is InChI=1S/C37H44O9/c1-20(2)35(42)22(4)23(5)37(46-33(6,7)25-16-12-9-13-17-25)26-18-21(3)28(38)36(26,43)32(41)34(30(45-34)27(37)29(35)39)19-44-31(40)24-14-10-8-11-15-24/h8-18,22-23,26-27,29-30,32,39,41-43H,1,19H2,2-7H3/t22-,23-,26?,27-,29-,30+,32-,34+,35+,36-,37+/m1/s1. The summed E-state index contributed by atoms with van der Waals surface area (Å²) in [5.74, 6) is -5.01. The highest BCUT2D eigenvalue weighted by atomic mass is 16.7. The zero-order chi connectivity index (χ0) is 33.6. The molecule has 1 heterocycles. The van der Waals surface area contributed by atoms with Crippen LogP contribution in [0.3, 0.4) is 0 Å². The third-order valence-electron chi connectivity index (χ3n) is 11.6. The van der Waals surface area contributed by atoms with E-state index in [1.165, 1.54) is 0 Å². The molecule has 1 aliphatic heterocycles. The first-order chi connectivity index (χ1) is 21.5. The predicted molar refractivity (Wildman–Crippen MR) is 168 cm³/mol. The number of aliphatic hydroxyl groups excluding tert-OH is 2. The van der Waals surface area contributed by atoms with E-state index in [9.17, 15) is 30.0 Å². The van der Waals surface area contributed by atoms with Crippen LogP contribution in [0.2, 0.25) is 0 Å². The summed E-state index contributed by atoms with van der Waals surface area (Å²) < 4.78 is 19.3. The lowest BCUT2D eigenvalue weighted by molar-refractivity contribution is -0.311. The summed E-state index contributed by atoms with van der Waals surface area (Å²) in [4.78, 5) is 27.1. The van der Waals surface area contributed by atoms with E-state index in [4.69, 9.17) is 14.2 Å². The van der Waals surface area contributed by atoms with Crippen molar-refractivity contribution in [1.82, 2.24) is 0 Å². The van der Waals surface area contributed by atoms with Gasteiger partial charge in [-0.25, -0.2) is 4.79 Å². The van der Waals surface area contributed by atoms with Gasteiger partial charge in [0.1, 0.15) is 24.4 Å². The van der Waals surface area contributed by atoms with Crippen LogP contribution in [-0.4, -0.2) is 79.5 Å². The molecule has 11 atom stereocenters. The molecule has 0 amide bonds. The number of carbonyl (C=O) groups is 2. The van der Waals surface area contributed by atoms with Gasteiger partial charge in [-0.15, -0.1) is 0 Å². The highest BCUT2D eigenvalue weighted by molar-refractivity contribution is 6.05. The lowest BCUT2D eigenvalue weighted by Crippen LogP contribution is -2.74. The van der Waals surface area contributed by atoms with Crippen LogP contribution in [0.4, 0.5) is 0 Å². The van der Waals surface area contributed by atoms with Gasteiger partial charge < -0.3 is 34.6 Å². The van der Waals surface area contributed by atoms with Gasteiger partial charge in [-0.2, -0.15) is 0 Å². The van der Waals surface area contributed by atoms with E-state index >= 15 is 0 Å². The van der Waals surface area contributed by atoms with E-state index in [2.05, 4.69) is 6.58 Å². The van der Waals surface area contributed by atoms with Gasteiger partial charge in [-0.3, -0.25) is 4.79 Å². The number of Topliss-reactive ketones (excluding diaryl/α,β-unsaturated/α-hetero) is 1. The maximum Gasteiger partial charge on any atom is 0.338 e. The van der Waals surface area contributed by atoms with Gasteiger partial charge in [0.25, 0.3) is 0 Å². The van der Waals surface area contributed by atoms with E-state index in [-0.39, 0.29) is 11.1 Å². The topological polar surface area (TPSA) is 146 Å². The number of esters is 1. The Labute approximate surface area is 269 Å². The fraction of sp³-hybridized carbons (Fsp3) is 0.514. The molecular formula is C37H44O9. The van der Waals surface area contributed by atoms with Crippen molar-refractivity contribution in [2.75, 3.05) is 6.61 Å². The molecule has 1 unspecified atom stereocenters. The number of hydrogen-bond acceptors (Lipinski definition) is 9. The summed E-state index contributed by atoms with van der Waals surface area (Å²) in [5, 5.41) is 49.4. The third kappa shape index (κ3) is 4.22. The van der Waals surface area contributed by atoms with Gasteiger partial charge in [0.2, 0.25) is 0 Å². The quantitative estimate of drug-likeness (QED) is 0.205. The minimum absolute atomic E-state index is 0.219. The number of aliphatic hydroxyl groups is 4. The minimum Gasteiger partial charge on any atom is -0.459 e. The Bertz CT molecular complexity index is 1590. The van der Waals surface area contributed by atoms with E-state index < -0.39 is 88.3 Å². The second-order valence-corrected chi connectivity index (χ2v) is 14.3. The van der Waals surface area contributed by atoms with Crippen molar-refractivity contribution in [3.63, 3.8) is 0 Å². The molecule has 2 aromatic rings. The molecule has 9 nitrogen and oxygen atoms in total. The zero-order valence-electron chi connectivity index (χ0n) is 27.1. The monoisotopic (exact) mass is 632 g/mol.